The number of halogens is 1. The second-order valence-electron chi connectivity index (χ2n) is 2.02. The Labute approximate surface area is 74.5 Å². The van der Waals surface area contributed by atoms with E-state index in [1.54, 1.807) is 6.08 Å². The quantitative estimate of drug-likeness (QED) is 0.624. The molecule has 0 aromatic rings. The molecule has 0 saturated heterocycles. The van der Waals surface area contributed by atoms with Gasteiger partial charge in [0.2, 0.25) is 0 Å². The van der Waals surface area contributed by atoms with Crippen LogP contribution in [0.2, 0.25) is 0 Å². The molecule has 1 nitrogen and oxygen atoms in total. The molecule has 0 atom stereocenters. The molecule has 3 heteroatoms. The van der Waals surface area contributed by atoms with Crippen LogP contribution in [-0.2, 0) is 0 Å². The van der Waals surface area contributed by atoms with Gasteiger partial charge in [0.15, 0.2) is 0 Å². The third-order valence-electron chi connectivity index (χ3n) is 1.30. The van der Waals surface area contributed by atoms with Crippen LogP contribution in [0, 0.1) is 11.3 Å². The van der Waals surface area contributed by atoms with Crippen LogP contribution in [0.5, 0.6) is 0 Å². The Kier molecular flexibility index (Phi) is 3.28. The fraction of sp³-hybridized carbons (Fsp3) is 0.125. The lowest BCUT2D eigenvalue weighted by Crippen LogP contribution is -1.67. The van der Waals surface area contributed by atoms with Crippen LogP contribution in [0.25, 0.3) is 0 Å². The lowest BCUT2D eigenvalue weighted by molar-refractivity contribution is 1.37. The highest BCUT2D eigenvalue weighted by molar-refractivity contribution is 8.24. The van der Waals surface area contributed by atoms with E-state index in [0.29, 0.717) is 5.57 Å². The lowest BCUT2D eigenvalue weighted by atomic mass is 10.2. The molecule has 0 N–H and O–H groups in total. The van der Waals surface area contributed by atoms with E-state index in [9.17, 15) is 0 Å². The van der Waals surface area contributed by atoms with Gasteiger partial charge in [0.25, 0.3) is 0 Å². The first-order chi connectivity index (χ1) is 5.36. The second kappa shape index (κ2) is 4.27. The summed E-state index contributed by atoms with van der Waals surface area (Å²) in [6.45, 7) is 0. The Morgan fingerprint density at radius 1 is 1.45 bits per heavy atom. The van der Waals surface area contributed by atoms with Crippen LogP contribution in [0.4, 0.5) is 0 Å². The van der Waals surface area contributed by atoms with Crippen molar-refractivity contribution in [3.63, 3.8) is 0 Å². The highest BCUT2D eigenvalue weighted by atomic mass is 35.7. The zero-order valence-corrected chi connectivity index (χ0v) is 7.32. The summed E-state index contributed by atoms with van der Waals surface area (Å²) in [7, 11) is 6.71. The summed E-state index contributed by atoms with van der Waals surface area (Å²) in [5, 5.41) is 8.54. The molecule has 0 unspecified atom stereocenters. The van der Waals surface area contributed by atoms with Gasteiger partial charge in [0, 0.05) is 10.5 Å². The summed E-state index contributed by atoms with van der Waals surface area (Å²) in [5.74, 6) is 0. The number of hydrogen-bond acceptors (Lipinski definition) is 2. The van der Waals surface area contributed by atoms with Gasteiger partial charge in [-0.2, -0.15) is 5.26 Å². The molecule has 0 spiro atoms. The molecule has 0 heterocycles. The average Bonchev–Trinajstić information content (AvgIpc) is 2.28. The van der Waals surface area contributed by atoms with E-state index in [2.05, 4.69) is 6.07 Å². The van der Waals surface area contributed by atoms with E-state index in [1.807, 2.05) is 18.2 Å². The third-order valence-corrected chi connectivity index (χ3v) is 2.32. The van der Waals surface area contributed by atoms with Crippen molar-refractivity contribution >= 4 is 21.7 Å². The van der Waals surface area contributed by atoms with Crippen molar-refractivity contribution in [1.29, 1.82) is 5.26 Å². The van der Waals surface area contributed by atoms with Gasteiger partial charge in [-0.1, -0.05) is 12.2 Å². The zero-order chi connectivity index (χ0) is 8.10. The Bertz CT molecular complexity index is 270. The molecule has 0 aliphatic heterocycles. The maximum Gasteiger partial charge on any atom is 0.0988 e. The highest BCUT2D eigenvalue weighted by Gasteiger charge is 1.96. The van der Waals surface area contributed by atoms with Crippen molar-refractivity contribution in [2.45, 2.75) is 6.42 Å². The maximum atomic E-state index is 8.54. The first kappa shape index (κ1) is 8.45. The molecule has 0 saturated carbocycles. The molecule has 1 aliphatic carbocycles. The van der Waals surface area contributed by atoms with Gasteiger partial charge in [0.1, 0.15) is 0 Å². The van der Waals surface area contributed by atoms with Crippen LogP contribution < -0.4 is 0 Å². The molecule has 56 valence electrons. The second-order valence-corrected chi connectivity index (χ2v) is 3.11. The normalized spacial score (nSPS) is 16.4. The van der Waals surface area contributed by atoms with Gasteiger partial charge in [-0.05, 0) is 40.2 Å². The predicted octanol–water partition coefficient (Wildman–Crippen LogP) is 3.17. The number of allylic oxidation sites excluding steroid dienone is 5. The molecular formula is C8H6ClNS. The van der Waals surface area contributed by atoms with Crippen LogP contribution in [0.15, 0.2) is 34.8 Å². The Morgan fingerprint density at radius 2 is 2.27 bits per heavy atom. The van der Waals surface area contributed by atoms with Crippen molar-refractivity contribution in [2.75, 3.05) is 0 Å². The molecule has 11 heavy (non-hydrogen) atoms. The Balaban J connectivity index is 2.76. The maximum absolute atomic E-state index is 8.54. The van der Waals surface area contributed by atoms with Gasteiger partial charge in [-0.3, -0.25) is 0 Å². The minimum atomic E-state index is 0.696. The molecule has 0 amide bonds. The van der Waals surface area contributed by atoms with E-state index < -0.39 is 0 Å². The lowest BCUT2D eigenvalue weighted by Gasteiger charge is -1.87. The van der Waals surface area contributed by atoms with Crippen LogP contribution >= 0.6 is 21.7 Å². The van der Waals surface area contributed by atoms with Gasteiger partial charge in [-0.15, -0.1) is 0 Å². The summed E-state index contributed by atoms with van der Waals surface area (Å²) in [4.78, 5) is 0.994. The standard InChI is InChI=1S/C8H6ClNS/c9-11-8-3-1-2-7(6-10)4-5-8/h2-5H,1H2. The topological polar surface area (TPSA) is 23.8 Å². The summed E-state index contributed by atoms with van der Waals surface area (Å²) in [5.41, 5.74) is 0.696. The van der Waals surface area contributed by atoms with E-state index >= 15 is 0 Å². The highest BCUT2D eigenvalue weighted by Crippen LogP contribution is 2.24. The van der Waals surface area contributed by atoms with E-state index in [1.165, 1.54) is 11.0 Å². The van der Waals surface area contributed by atoms with Crippen molar-refractivity contribution in [3.05, 3.63) is 34.8 Å². The van der Waals surface area contributed by atoms with Crippen molar-refractivity contribution < 1.29 is 0 Å². The zero-order valence-electron chi connectivity index (χ0n) is 5.75. The predicted molar refractivity (Wildman–Crippen MR) is 49.0 cm³/mol. The summed E-state index contributed by atoms with van der Waals surface area (Å²) >= 11 is 0. The number of nitriles is 1. The third kappa shape index (κ3) is 2.45. The molecule has 0 radical (unpaired) electrons. The SMILES string of the molecule is N#CC1=CCC=C(SCl)C=C1. The van der Waals surface area contributed by atoms with Gasteiger partial charge >= 0.3 is 0 Å². The minimum absolute atomic E-state index is 0.696. The Morgan fingerprint density at radius 3 is 2.91 bits per heavy atom. The van der Waals surface area contributed by atoms with Gasteiger partial charge in [0.05, 0.1) is 6.07 Å². The van der Waals surface area contributed by atoms with Gasteiger partial charge in [-0.25, -0.2) is 0 Å². The van der Waals surface area contributed by atoms with Crippen molar-refractivity contribution in [2.24, 2.45) is 0 Å². The number of rotatable bonds is 1. The number of hydrogen-bond donors (Lipinski definition) is 0. The monoisotopic (exact) mass is 183 g/mol. The van der Waals surface area contributed by atoms with Crippen LogP contribution in [0.1, 0.15) is 6.42 Å². The molecule has 1 rings (SSSR count). The van der Waals surface area contributed by atoms with Gasteiger partial charge < -0.3 is 0 Å². The molecule has 0 aromatic heterocycles. The van der Waals surface area contributed by atoms with Crippen LogP contribution in [-0.4, -0.2) is 0 Å². The fourth-order valence-electron chi connectivity index (χ4n) is 0.750. The summed E-state index contributed by atoms with van der Waals surface area (Å²) < 4.78 is 0. The molecule has 0 bridgehead atoms. The largest absolute Gasteiger partial charge is 0.192 e. The smallest absolute Gasteiger partial charge is 0.0988 e. The Hall–Kier alpha value is -0.650. The number of nitrogens with zero attached hydrogens (tertiary/aromatic N) is 1. The molecular weight excluding hydrogens is 178 g/mol. The van der Waals surface area contributed by atoms with E-state index in [0.717, 1.165) is 11.3 Å². The first-order valence-corrected chi connectivity index (χ1v) is 4.78. The summed E-state index contributed by atoms with van der Waals surface area (Å²) in [6.07, 6.45) is 8.26. The molecule has 0 fully saturated rings. The average molecular weight is 184 g/mol. The molecule has 0 aromatic carbocycles. The van der Waals surface area contributed by atoms with Crippen LogP contribution in [0.3, 0.4) is 0 Å². The van der Waals surface area contributed by atoms with Crippen molar-refractivity contribution in [1.82, 2.24) is 0 Å². The first-order valence-electron chi connectivity index (χ1n) is 3.14. The molecule has 1 aliphatic rings. The van der Waals surface area contributed by atoms with Crippen molar-refractivity contribution in [3.8, 4) is 6.07 Å². The van der Waals surface area contributed by atoms with E-state index in [4.69, 9.17) is 15.9 Å². The fourth-order valence-corrected chi connectivity index (χ4v) is 1.37. The minimum Gasteiger partial charge on any atom is -0.192 e. The van der Waals surface area contributed by atoms with E-state index in [-0.39, 0.29) is 0 Å². The summed E-state index contributed by atoms with van der Waals surface area (Å²) in [6, 6.07) is 2.08.